The molecule has 1 aliphatic heterocycles. The van der Waals surface area contributed by atoms with Crippen LogP contribution in [0.3, 0.4) is 0 Å². The summed E-state index contributed by atoms with van der Waals surface area (Å²) in [5, 5.41) is 11.4. The summed E-state index contributed by atoms with van der Waals surface area (Å²) >= 11 is 5.83. The minimum atomic E-state index is 0.579. The lowest BCUT2D eigenvalue weighted by molar-refractivity contribution is -0.106. The van der Waals surface area contributed by atoms with Crippen LogP contribution in [-0.4, -0.2) is 23.4 Å². The molecule has 0 atom stereocenters. The highest BCUT2D eigenvalue weighted by molar-refractivity contribution is 6.30. The van der Waals surface area contributed by atoms with E-state index < -0.39 is 0 Å². The molecule has 0 aromatic heterocycles. The summed E-state index contributed by atoms with van der Waals surface area (Å²) in [7, 11) is 0. The molecule has 2 rings (SSSR count). The zero-order valence-corrected chi connectivity index (χ0v) is 8.74. The van der Waals surface area contributed by atoms with Crippen LogP contribution in [0.25, 0.3) is 0 Å². The van der Waals surface area contributed by atoms with Gasteiger partial charge in [0.05, 0.1) is 0 Å². The molecule has 1 aromatic carbocycles. The molecule has 0 bridgehead atoms. The van der Waals surface area contributed by atoms with Crippen molar-refractivity contribution in [3.8, 4) is 0 Å². The fourth-order valence-corrected chi connectivity index (χ4v) is 2.06. The molecule has 0 aliphatic carbocycles. The topological polar surface area (TPSA) is 23.5 Å². The second-order valence-electron chi connectivity index (χ2n) is 3.78. The number of hydrogen-bond acceptors (Lipinski definition) is 2. The van der Waals surface area contributed by atoms with Gasteiger partial charge in [0.1, 0.15) is 0 Å². The third-order valence-corrected chi connectivity index (χ3v) is 3.06. The molecule has 3 heteroatoms. The molecule has 1 aromatic rings. The van der Waals surface area contributed by atoms with E-state index in [1.807, 2.05) is 12.1 Å². The van der Waals surface area contributed by atoms with Crippen LogP contribution in [0.5, 0.6) is 0 Å². The maximum atomic E-state index is 9.23. The standard InChI is InChI=1S/C11H14ClNO/c12-11-3-1-9(2-4-11)10-5-7-13(14)8-6-10/h1-4,10,14H,5-8H2. The van der Waals surface area contributed by atoms with Crippen LogP contribution in [0.15, 0.2) is 24.3 Å². The van der Waals surface area contributed by atoms with Gasteiger partial charge in [0, 0.05) is 18.1 Å². The molecule has 76 valence electrons. The summed E-state index contributed by atoms with van der Waals surface area (Å²) in [5.74, 6) is 0.579. The second-order valence-corrected chi connectivity index (χ2v) is 4.22. The zero-order valence-electron chi connectivity index (χ0n) is 7.99. The van der Waals surface area contributed by atoms with E-state index in [1.54, 1.807) is 0 Å². The van der Waals surface area contributed by atoms with E-state index >= 15 is 0 Å². The molecule has 1 aliphatic rings. The maximum absolute atomic E-state index is 9.23. The van der Waals surface area contributed by atoms with Crippen molar-refractivity contribution in [3.63, 3.8) is 0 Å². The summed E-state index contributed by atoms with van der Waals surface area (Å²) in [4.78, 5) is 0. The fourth-order valence-electron chi connectivity index (χ4n) is 1.93. The van der Waals surface area contributed by atoms with Crippen LogP contribution in [0.4, 0.5) is 0 Å². The van der Waals surface area contributed by atoms with Gasteiger partial charge in [-0.05, 0) is 36.5 Å². The Bertz CT molecular complexity index is 291. The average molecular weight is 212 g/mol. The molecule has 0 radical (unpaired) electrons. The van der Waals surface area contributed by atoms with Crippen LogP contribution < -0.4 is 0 Å². The molecule has 0 amide bonds. The van der Waals surface area contributed by atoms with Crippen molar-refractivity contribution in [2.24, 2.45) is 0 Å². The molecule has 2 nitrogen and oxygen atoms in total. The summed E-state index contributed by atoms with van der Waals surface area (Å²) in [6, 6.07) is 8.03. The van der Waals surface area contributed by atoms with Gasteiger partial charge in [0.25, 0.3) is 0 Å². The van der Waals surface area contributed by atoms with Crippen LogP contribution in [0, 0.1) is 0 Å². The smallest absolute Gasteiger partial charge is 0.0406 e. The lowest BCUT2D eigenvalue weighted by Crippen LogP contribution is -2.29. The predicted molar refractivity (Wildman–Crippen MR) is 56.8 cm³/mol. The van der Waals surface area contributed by atoms with E-state index in [0.717, 1.165) is 31.0 Å². The first-order valence-electron chi connectivity index (χ1n) is 4.95. The van der Waals surface area contributed by atoms with Crippen LogP contribution in [0.1, 0.15) is 24.3 Å². The van der Waals surface area contributed by atoms with Gasteiger partial charge in [0.2, 0.25) is 0 Å². The van der Waals surface area contributed by atoms with Crippen LogP contribution in [-0.2, 0) is 0 Å². The Kier molecular flexibility index (Phi) is 3.06. The number of nitrogens with zero attached hydrogens (tertiary/aromatic N) is 1. The Morgan fingerprint density at radius 1 is 1.14 bits per heavy atom. The Hall–Kier alpha value is -0.570. The summed E-state index contributed by atoms with van der Waals surface area (Å²) < 4.78 is 0. The molecule has 14 heavy (non-hydrogen) atoms. The zero-order chi connectivity index (χ0) is 9.97. The molecular weight excluding hydrogens is 198 g/mol. The van der Waals surface area contributed by atoms with Crippen molar-refractivity contribution in [1.82, 2.24) is 5.06 Å². The van der Waals surface area contributed by atoms with Crippen molar-refractivity contribution in [2.75, 3.05) is 13.1 Å². The quantitative estimate of drug-likeness (QED) is 0.772. The normalized spacial score (nSPS) is 19.9. The van der Waals surface area contributed by atoms with Gasteiger partial charge in [-0.1, -0.05) is 23.7 Å². The van der Waals surface area contributed by atoms with Gasteiger partial charge in [-0.3, -0.25) is 0 Å². The van der Waals surface area contributed by atoms with E-state index in [0.29, 0.717) is 5.92 Å². The van der Waals surface area contributed by atoms with Gasteiger partial charge in [-0.2, -0.15) is 5.06 Å². The highest BCUT2D eigenvalue weighted by Gasteiger charge is 2.18. The molecule has 1 fully saturated rings. The monoisotopic (exact) mass is 211 g/mol. The summed E-state index contributed by atoms with van der Waals surface area (Å²) in [5.41, 5.74) is 1.34. The van der Waals surface area contributed by atoms with Gasteiger partial charge < -0.3 is 5.21 Å². The Morgan fingerprint density at radius 3 is 2.29 bits per heavy atom. The van der Waals surface area contributed by atoms with Gasteiger partial charge in [-0.15, -0.1) is 0 Å². The molecule has 1 N–H and O–H groups in total. The number of piperidine rings is 1. The molecule has 1 heterocycles. The summed E-state index contributed by atoms with van der Waals surface area (Å²) in [6.07, 6.45) is 2.05. The van der Waals surface area contributed by atoms with E-state index in [4.69, 9.17) is 11.6 Å². The van der Waals surface area contributed by atoms with E-state index in [2.05, 4.69) is 12.1 Å². The minimum Gasteiger partial charge on any atom is -0.314 e. The van der Waals surface area contributed by atoms with Crippen LogP contribution in [0.2, 0.25) is 5.02 Å². The lowest BCUT2D eigenvalue weighted by Gasteiger charge is -2.27. The largest absolute Gasteiger partial charge is 0.314 e. The van der Waals surface area contributed by atoms with Gasteiger partial charge >= 0.3 is 0 Å². The molecule has 0 unspecified atom stereocenters. The Labute approximate surface area is 89.1 Å². The average Bonchev–Trinajstić information content (AvgIpc) is 2.21. The number of hydrogen-bond donors (Lipinski definition) is 1. The van der Waals surface area contributed by atoms with E-state index in [-0.39, 0.29) is 0 Å². The second kappa shape index (κ2) is 4.30. The Balaban J connectivity index is 2.05. The highest BCUT2D eigenvalue weighted by Crippen LogP contribution is 2.27. The number of benzene rings is 1. The molecule has 0 spiro atoms. The lowest BCUT2D eigenvalue weighted by atomic mass is 9.90. The van der Waals surface area contributed by atoms with Crippen LogP contribution >= 0.6 is 11.6 Å². The van der Waals surface area contributed by atoms with Crippen molar-refractivity contribution >= 4 is 11.6 Å². The van der Waals surface area contributed by atoms with E-state index in [9.17, 15) is 5.21 Å². The third-order valence-electron chi connectivity index (χ3n) is 2.81. The fraction of sp³-hybridized carbons (Fsp3) is 0.455. The SMILES string of the molecule is ON1CCC(c2ccc(Cl)cc2)CC1. The molecular formula is C11H14ClNO. The summed E-state index contributed by atoms with van der Waals surface area (Å²) in [6.45, 7) is 1.54. The first kappa shape index (κ1) is 9.97. The van der Waals surface area contributed by atoms with Gasteiger partial charge in [0.15, 0.2) is 0 Å². The van der Waals surface area contributed by atoms with Crippen molar-refractivity contribution < 1.29 is 5.21 Å². The predicted octanol–water partition coefficient (Wildman–Crippen LogP) is 2.91. The van der Waals surface area contributed by atoms with Crippen molar-refractivity contribution in [2.45, 2.75) is 18.8 Å². The Morgan fingerprint density at radius 2 is 1.71 bits per heavy atom. The van der Waals surface area contributed by atoms with E-state index in [1.165, 1.54) is 10.6 Å². The molecule has 0 saturated carbocycles. The number of rotatable bonds is 1. The first-order valence-corrected chi connectivity index (χ1v) is 5.33. The first-order chi connectivity index (χ1) is 6.75. The number of halogens is 1. The van der Waals surface area contributed by atoms with Crippen molar-refractivity contribution in [1.29, 1.82) is 0 Å². The van der Waals surface area contributed by atoms with Gasteiger partial charge in [-0.25, -0.2) is 0 Å². The minimum absolute atomic E-state index is 0.579. The molecule has 1 saturated heterocycles. The maximum Gasteiger partial charge on any atom is 0.0406 e. The highest BCUT2D eigenvalue weighted by atomic mass is 35.5. The third kappa shape index (κ3) is 2.27. The van der Waals surface area contributed by atoms with Crippen molar-refractivity contribution in [3.05, 3.63) is 34.9 Å². The number of hydroxylamine groups is 2.